The molecule has 3 N–H and O–H groups in total. The standard InChI is InChI=1S/C17H19N3/c1-3-13-8-7-11-15(12-13)17(20-19-2)16(18)14-9-5-4-6-10-14/h3-12,17-20H,1H2,2H3. The maximum absolute atomic E-state index is 8.43. The van der Waals surface area contributed by atoms with Gasteiger partial charge in [-0.15, -0.1) is 0 Å². The molecule has 0 amide bonds. The van der Waals surface area contributed by atoms with E-state index >= 15 is 0 Å². The Labute approximate surface area is 119 Å². The quantitative estimate of drug-likeness (QED) is 0.555. The second-order valence-electron chi connectivity index (χ2n) is 4.48. The molecule has 0 fully saturated rings. The van der Waals surface area contributed by atoms with Crippen LogP contribution in [0, 0.1) is 5.41 Å². The zero-order valence-electron chi connectivity index (χ0n) is 11.6. The lowest BCUT2D eigenvalue weighted by Crippen LogP contribution is -2.37. The average molecular weight is 265 g/mol. The molecule has 0 aliphatic rings. The minimum atomic E-state index is -0.206. The Balaban J connectivity index is 2.35. The Hall–Kier alpha value is -2.23. The van der Waals surface area contributed by atoms with Crippen molar-refractivity contribution in [2.24, 2.45) is 0 Å². The monoisotopic (exact) mass is 265 g/mol. The average Bonchev–Trinajstić information content (AvgIpc) is 2.53. The van der Waals surface area contributed by atoms with Gasteiger partial charge in [0.15, 0.2) is 0 Å². The van der Waals surface area contributed by atoms with E-state index in [4.69, 9.17) is 5.41 Å². The molecule has 20 heavy (non-hydrogen) atoms. The summed E-state index contributed by atoms with van der Waals surface area (Å²) in [7, 11) is 1.81. The summed E-state index contributed by atoms with van der Waals surface area (Å²) in [5.74, 6) is 0. The van der Waals surface area contributed by atoms with E-state index in [1.807, 2.05) is 67.7 Å². The predicted molar refractivity (Wildman–Crippen MR) is 84.7 cm³/mol. The highest BCUT2D eigenvalue weighted by Gasteiger charge is 2.17. The Morgan fingerprint density at radius 3 is 2.55 bits per heavy atom. The summed E-state index contributed by atoms with van der Waals surface area (Å²) in [4.78, 5) is 0. The molecule has 1 unspecified atom stereocenters. The summed E-state index contributed by atoms with van der Waals surface area (Å²) < 4.78 is 0. The van der Waals surface area contributed by atoms with Gasteiger partial charge in [-0.3, -0.25) is 5.43 Å². The molecule has 0 aliphatic heterocycles. The first-order valence-electron chi connectivity index (χ1n) is 6.54. The molecule has 0 saturated carbocycles. The Bertz CT molecular complexity index is 590. The van der Waals surface area contributed by atoms with Gasteiger partial charge in [0.05, 0.1) is 11.8 Å². The topological polar surface area (TPSA) is 47.9 Å². The van der Waals surface area contributed by atoms with Crippen LogP contribution in [0.1, 0.15) is 22.7 Å². The van der Waals surface area contributed by atoms with Crippen molar-refractivity contribution in [2.45, 2.75) is 6.04 Å². The zero-order valence-corrected chi connectivity index (χ0v) is 11.6. The van der Waals surface area contributed by atoms with Crippen LogP contribution < -0.4 is 10.9 Å². The van der Waals surface area contributed by atoms with Gasteiger partial charge < -0.3 is 5.41 Å². The van der Waals surface area contributed by atoms with Gasteiger partial charge in [-0.25, -0.2) is 5.43 Å². The van der Waals surface area contributed by atoms with Crippen LogP contribution in [0.2, 0.25) is 0 Å². The highest BCUT2D eigenvalue weighted by molar-refractivity contribution is 6.02. The van der Waals surface area contributed by atoms with Gasteiger partial charge in [-0.1, -0.05) is 61.2 Å². The first-order valence-corrected chi connectivity index (χ1v) is 6.54. The van der Waals surface area contributed by atoms with Crippen molar-refractivity contribution in [3.63, 3.8) is 0 Å². The molecule has 2 aromatic carbocycles. The lowest BCUT2D eigenvalue weighted by molar-refractivity contribution is 0.560. The van der Waals surface area contributed by atoms with Gasteiger partial charge in [-0.05, 0) is 29.8 Å². The third kappa shape index (κ3) is 3.20. The normalized spacial score (nSPS) is 11.8. The van der Waals surface area contributed by atoms with Crippen LogP contribution in [-0.4, -0.2) is 12.8 Å². The Morgan fingerprint density at radius 2 is 1.90 bits per heavy atom. The Morgan fingerprint density at radius 1 is 1.15 bits per heavy atom. The molecule has 102 valence electrons. The van der Waals surface area contributed by atoms with Gasteiger partial charge in [0.1, 0.15) is 0 Å². The maximum atomic E-state index is 8.43. The molecule has 0 radical (unpaired) electrons. The van der Waals surface area contributed by atoms with Crippen LogP contribution in [0.5, 0.6) is 0 Å². The smallest absolute Gasteiger partial charge is 0.0882 e. The highest BCUT2D eigenvalue weighted by atomic mass is 15.4. The minimum absolute atomic E-state index is 0.206. The van der Waals surface area contributed by atoms with Crippen LogP contribution in [0.4, 0.5) is 0 Å². The van der Waals surface area contributed by atoms with E-state index in [-0.39, 0.29) is 6.04 Å². The first kappa shape index (κ1) is 14.2. The van der Waals surface area contributed by atoms with Gasteiger partial charge in [0, 0.05) is 0 Å². The van der Waals surface area contributed by atoms with Gasteiger partial charge in [0.2, 0.25) is 0 Å². The molecule has 2 aromatic rings. The maximum Gasteiger partial charge on any atom is 0.0882 e. The van der Waals surface area contributed by atoms with Crippen LogP contribution >= 0.6 is 0 Å². The second kappa shape index (κ2) is 6.80. The van der Waals surface area contributed by atoms with Crippen molar-refractivity contribution < 1.29 is 0 Å². The van der Waals surface area contributed by atoms with Crippen LogP contribution in [0.15, 0.2) is 61.2 Å². The highest BCUT2D eigenvalue weighted by Crippen LogP contribution is 2.19. The van der Waals surface area contributed by atoms with Crippen molar-refractivity contribution in [3.05, 3.63) is 77.9 Å². The molecule has 0 spiro atoms. The summed E-state index contributed by atoms with van der Waals surface area (Å²) >= 11 is 0. The van der Waals surface area contributed by atoms with Crippen molar-refractivity contribution >= 4 is 11.8 Å². The van der Waals surface area contributed by atoms with Crippen LogP contribution in [0.25, 0.3) is 6.08 Å². The van der Waals surface area contributed by atoms with E-state index in [0.29, 0.717) is 5.71 Å². The van der Waals surface area contributed by atoms with E-state index in [0.717, 1.165) is 16.7 Å². The molecule has 3 nitrogen and oxygen atoms in total. The number of rotatable bonds is 6. The fourth-order valence-electron chi connectivity index (χ4n) is 2.12. The van der Waals surface area contributed by atoms with Gasteiger partial charge in [0.25, 0.3) is 0 Å². The number of nitrogens with one attached hydrogen (secondary N) is 3. The van der Waals surface area contributed by atoms with Crippen molar-refractivity contribution in [1.29, 1.82) is 5.41 Å². The van der Waals surface area contributed by atoms with Gasteiger partial charge in [-0.2, -0.15) is 0 Å². The molecule has 3 heteroatoms. The summed E-state index contributed by atoms with van der Waals surface area (Å²) in [6.45, 7) is 3.79. The number of hydrazine groups is 1. The second-order valence-corrected chi connectivity index (χ2v) is 4.48. The first-order chi connectivity index (χ1) is 9.76. The molecule has 0 bridgehead atoms. The van der Waals surface area contributed by atoms with E-state index < -0.39 is 0 Å². The lowest BCUT2D eigenvalue weighted by Gasteiger charge is -2.20. The third-order valence-corrected chi connectivity index (χ3v) is 3.14. The Kier molecular flexibility index (Phi) is 4.82. The molecule has 0 aromatic heterocycles. The van der Waals surface area contributed by atoms with Crippen molar-refractivity contribution in [3.8, 4) is 0 Å². The fourth-order valence-corrected chi connectivity index (χ4v) is 2.12. The summed E-state index contributed by atoms with van der Waals surface area (Å²) in [5.41, 5.74) is 9.59. The van der Waals surface area contributed by atoms with Crippen LogP contribution in [-0.2, 0) is 0 Å². The van der Waals surface area contributed by atoms with Gasteiger partial charge >= 0.3 is 0 Å². The molecular formula is C17H19N3. The fraction of sp³-hybridized carbons (Fsp3) is 0.118. The molecule has 0 heterocycles. The number of hydrogen-bond donors (Lipinski definition) is 3. The van der Waals surface area contributed by atoms with E-state index in [2.05, 4.69) is 17.4 Å². The largest absolute Gasteiger partial charge is 0.303 e. The predicted octanol–water partition coefficient (Wildman–Crippen LogP) is 3.16. The molecular weight excluding hydrogens is 246 g/mol. The number of hydrogen-bond acceptors (Lipinski definition) is 3. The third-order valence-electron chi connectivity index (χ3n) is 3.14. The molecule has 2 rings (SSSR count). The zero-order chi connectivity index (χ0) is 14.4. The molecule has 0 saturated heterocycles. The van der Waals surface area contributed by atoms with E-state index in [1.54, 1.807) is 0 Å². The SMILES string of the molecule is C=Cc1cccc(C(NNC)C(=N)c2ccccc2)c1. The van der Waals surface area contributed by atoms with Crippen LogP contribution in [0.3, 0.4) is 0 Å². The lowest BCUT2D eigenvalue weighted by atomic mass is 9.96. The van der Waals surface area contributed by atoms with Crippen molar-refractivity contribution in [2.75, 3.05) is 7.05 Å². The minimum Gasteiger partial charge on any atom is -0.303 e. The number of benzene rings is 2. The van der Waals surface area contributed by atoms with E-state index in [9.17, 15) is 0 Å². The van der Waals surface area contributed by atoms with Crippen molar-refractivity contribution in [1.82, 2.24) is 10.9 Å². The molecule has 0 aliphatic carbocycles. The summed E-state index contributed by atoms with van der Waals surface area (Å²) in [6.07, 6.45) is 1.81. The molecule has 1 atom stereocenters. The summed E-state index contributed by atoms with van der Waals surface area (Å²) in [5, 5.41) is 8.43. The summed E-state index contributed by atoms with van der Waals surface area (Å²) in [6, 6.07) is 17.6. The van der Waals surface area contributed by atoms with E-state index in [1.165, 1.54) is 0 Å².